The summed E-state index contributed by atoms with van der Waals surface area (Å²) in [4.78, 5) is 30.6. The van der Waals surface area contributed by atoms with Gasteiger partial charge in [0.15, 0.2) is 5.72 Å². The van der Waals surface area contributed by atoms with Crippen LogP contribution in [0.25, 0.3) is 0 Å². The molecule has 0 radical (unpaired) electrons. The summed E-state index contributed by atoms with van der Waals surface area (Å²) in [7, 11) is 0. The average Bonchev–Trinajstić information content (AvgIpc) is 2.79. The minimum atomic E-state index is -0.649. The zero-order valence-electron chi connectivity index (χ0n) is 18.4. The number of para-hydroxylation sites is 1. The number of carbonyl (C=O) groups excluding carboxylic acids is 2. The van der Waals surface area contributed by atoms with Crippen molar-refractivity contribution in [1.82, 2.24) is 20.4 Å². The summed E-state index contributed by atoms with van der Waals surface area (Å²) in [5.41, 5.74) is -0.0481. The van der Waals surface area contributed by atoms with E-state index in [1.165, 1.54) is 0 Å². The van der Waals surface area contributed by atoms with E-state index in [-0.39, 0.29) is 29.6 Å². The molecule has 7 nitrogen and oxygen atoms in total. The third-order valence-corrected chi connectivity index (χ3v) is 7.94. The van der Waals surface area contributed by atoms with Gasteiger partial charge in [-0.15, -0.1) is 0 Å². The number of benzene rings is 1. The van der Waals surface area contributed by atoms with Gasteiger partial charge in [-0.2, -0.15) is 0 Å². The number of carbonyl (C=O) groups is 2. The highest BCUT2D eigenvalue weighted by Crippen LogP contribution is 2.52. The topological polar surface area (TPSA) is 73.9 Å². The fourth-order valence-corrected chi connectivity index (χ4v) is 6.08. The Morgan fingerprint density at radius 2 is 1.97 bits per heavy atom. The van der Waals surface area contributed by atoms with E-state index < -0.39 is 5.72 Å². The number of ether oxygens (including phenoxy) is 1. The number of hydrogen-bond acceptors (Lipinski definition) is 5. The Hall–Kier alpha value is -2.12. The number of nitrogens with one attached hydrogen (secondary N) is 2. The second-order valence-corrected chi connectivity index (χ2v) is 9.59. The molecule has 3 saturated carbocycles. The SMILES string of the molecule is CCN1CCN(CCNC(=O)[C@@H]2C[C@H]3CC[C@@H]2C[C@@]32NC(=O)c3ccccc3O2)CC1. The Kier molecular flexibility index (Phi) is 5.65. The Bertz CT molecular complexity index is 838. The van der Waals surface area contributed by atoms with E-state index >= 15 is 0 Å². The molecule has 1 aromatic rings. The first-order valence-corrected chi connectivity index (χ1v) is 11.9. The van der Waals surface area contributed by atoms with E-state index in [0.29, 0.717) is 17.9 Å². The molecule has 2 aliphatic heterocycles. The van der Waals surface area contributed by atoms with E-state index in [2.05, 4.69) is 27.4 Å². The first-order valence-electron chi connectivity index (χ1n) is 11.9. The van der Waals surface area contributed by atoms with Crippen LogP contribution >= 0.6 is 0 Å². The van der Waals surface area contributed by atoms with E-state index in [4.69, 9.17) is 4.74 Å². The third kappa shape index (κ3) is 3.94. The van der Waals surface area contributed by atoms with Crippen molar-refractivity contribution in [2.24, 2.45) is 17.8 Å². The lowest BCUT2D eigenvalue weighted by atomic mass is 9.60. The monoisotopic (exact) mass is 426 g/mol. The Morgan fingerprint density at radius 1 is 1.19 bits per heavy atom. The minimum absolute atomic E-state index is 0.0268. The molecule has 4 fully saturated rings. The van der Waals surface area contributed by atoms with Gasteiger partial charge in [0, 0.05) is 57.5 Å². The number of hydrogen-bond donors (Lipinski definition) is 2. The maximum absolute atomic E-state index is 13.0. The molecule has 6 rings (SSSR count). The molecule has 0 unspecified atom stereocenters. The number of rotatable bonds is 5. The van der Waals surface area contributed by atoms with Crippen LogP contribution in [0.2, 0.25) is 0 Å². The maximum atomic E-state index is 13.0. The van der Waals surface area contributed by atoms with Crippen molar-refractivity contribution < 1.29 is 14.3 Å². The molecule has 2 amide bonds. The van der Waals surface area contributed by atoms with Crippen LogP contribution in [-0.4, -0.2) is 73.2 Å². The smallest absolute Gasteiger partial charge is 0.258 e. The maximum Gasteiger partial charge on any atom is 0.258 e. The Labute approximate surface area is 184 Å². The molecule has 1 saturated heterocycles. The lowest BCUT2D eigenvalue weighted by Gasteiger charge is -2.55. The normalized spacial score (nSPS) is 32.9. The Balaban J connectivity index is 1.16. The molecule has 3 aliphatic carbocycles. The van der Waals surface area contributed by atoms with Gasteiger partial charge in [-0.3, -0.25) is 14.5 Å². The van der Waals surface area contributed by atoms with Crippen LogP contribution in [0.5, 0.6) is 5.75 Å². The van der Waals surface area contributed by atoms with Crippen LogP contribution in [0, 0.1) is 17.8 Å². The number of amides is 2. The quantitative estimate of drug-likeness (QED) is 0.750. The van der Waals surface area contributed by atoms with Crippen LogP contribution in [0.3, 0.4) is 0 Å². The molecule has 4 atom stereocenters. The highest BCUT2D eigenvalue weighted by atomic mass is 16.5. The van der Waals surface area contributed by atoms with Gasteiger partial charge in [0.25, 0.3) is 5.91 Å². The van der Waals surface area contributed by atoms with Gasteiger partial charge in [0.05, 0.1) is 5.56 Å². The Morgan fingerprint density at radius 3 is 2.71 bits per heavy atom. The number of likely N-dealkylation sites (N-methyl/N-ethyl adjacent to an activating group) is 1. The number of fused-ring (bicyclic) bond motifs is 3. The van der Waals surface area contributed by atoms with Crippen molar-refractivity contribution in [2.75, 3.05) is 45.8 Å². The summed E-state index contributed by atoms with van der Waals surface area (Å²) in [5, 5.41) is 6.37. The van der Waals surface area contributed by atoms with E-state index in [9.17, 15) is 9.59 Å². The molecule has 1 aromatic carbocycles. The minimum Gasteiger partial charge on any atom is -0.467 e. The highest BCUT2D eigenvalue weighted by molar-refractivity contribution is 5.98. The molecule has 31 heavy (non-hydrogen) atoms. The summed E-state index contributed by atoms with van der Waals surface area (Å²) in [5.74, 6) is 1.25. The zero-order chi connectivity index (χ0) is 21.4. The lowest BCUT2D eigenvalue weighted by molar-refractivity contribution is -0.146. The molecular formula is C24H34N4O3. The van der Waals surface area contributed by atoms with Crippen LogP contribution < -0.4 is 15.4 Å². The van der Waals surface area contributed by atoms with Crippen LogP contribution in [0.4, 0.5) is 0 Å². The average molecular weight is 427 g/mol. The first-order chi connectivity index (χ1) is 15.1. The highest BCUT2D eigenvalue weighted by Gasteiger charge is 2.57. The first kappa shape index (κ1) is 20.8. The van der Waals surface area contributed by atoms with Crippen LogP contribution in [0.15, 0.2) is 24.3 Å². The molecule has 0 aromatic heterocycles. The molecule has 2 bridgehead atoms. The van der Waals surface area contributed by atoms with Crippen LogP contribution in [0.1, 0.15) is 43.0 Å². The largest absolute Gasteiger partial charge is 0.467 e. The number of piperazine rings is 1. The predicted octanol–water partition coefficient (Wildman–Crippen LogP) is 1.70. The van der Waals surface area contributed by atoms with Gasteiger partial charge in [0.1, 0.15) is 5.75 Å². The summed E-state index contributed by atoms with van der Waals surface area (Å²) >= 11 is 0. The number of nitrogens with zero attached hydrogens (tertiary/aromatic N) is 2. The van der Waals surface area contributed by atoms with Crippen molar-refractivity contribution in [3.63, 3.8) is 0 Å². The predicted molar refractivity (Wildman–Crippen MR) is 118 cm³/mol. The van der Waals surface area contributed by atoms with Gasteiger partial charge in [-0.25, -0.2) is 0 Å². The van der Waals surface area contributed by atoms with Gasteiger partial charge in [-0.05, 0) is 43.9 Å². The van der Waals surface area contributed by atoms with E-state index in [1.807, 2.05) is 18.2 Å². The molecule has 168 valence electrons. The molecule has 2 heterocycles. The van der Waals surface area contributed by atoms with Crippen molar-refractivity contribution >= 4 is 11.8 Å². The summed E-state index contributed by atoms with van der Waals surface area (Å²) in [6.07, 6.45) is 3.53. The molecular weight excluding hydrogens is 392 g/mol. The van der Waals surface area contributed by atoms with Crippen LogP contribution in [-0.2, 0) is 4.79 Å². The zero-order valence-corrected chi connectivity index (χ0v) is 18.4. The fraction of sp³-hybridized carbons (Fsp3) is 0.667. The van der Waals surface area contributed by atoms with E-state index in [1.54, 1.807) is 6.07 Å². The lowest BCUT2D eigenvalue weighted by Crippen LogP contribution is -2.67. The fourth-order valence-electron chi connectivity index (χ4n) is 6.08. The summed E-state index contributed by atoms with van der Waals surface area (Å²) < 4.78 is 6.40. The molecule has 1 spiro atoms. The van der Waals surface area contributed by atoms with Crippen molar-refractivity contribution in [3.05, 3.63) is 29.8 Å². The second kappa shape index (κ2) is 8.43. The van der Waals surface area contributed by atoms with Crippen molar-refractivity contribution in [3.8, 4) is 5.75 Å². The van der Waals surface area contributed by atoms with Gasteiger partial charge < -0.3 is 20.3 Å². The third-order valence-electron chi connectivity index (χ3n) is 7.94. The standard InChI is InChI=1S/C24H34N4O3/c1-2-27-11-13-28(14-12-27)10-9-25-22(29)20-15-18-8-7-17(20)16-24(18)26-23(30)19-5-3-4-6-21(19)31-24/h3-6,17-18,20H,2,7-16H2,1H3,(H,25,29)(H,26,30)/t17-,18-,20-,24+/m1/s1. The molecule has 2 N–H and O–H groups in total. The summed E-state index contributed by atoms with van der Waals surface area (Å²) in [6, 6.07) is 7.45. The second-order valence-electron chi connectivity index (χ2n) is 9.59. The van der Waals surface area contributed by atoms with Crippen molar-refractivity contribution in [2.45, 2.75) is 38.3 Å². The van der Waals surface area contributed by atoms with E-state index in [0.717, 1.165) is 65.0 Å². The van der Waals surface area contributed by atoms with Gasteiger partial charge in [0.2, 0.25) is 5.91 Å². The summed E-state index contributed by atoms with van der Waals surface area (Å²) in [6.45, 7) is 9.36. The molecule has 7 heteroatoms. The molecule has 5 aliphatic rings. The van der Waals surface area contributed by atoms with Crippen molar-refractivity contribution in [1.29, 1.82) is 0 Å². The van der Waals surface area contributed by atoms with Gasteiger partial charge >= 0.3 is 0 Å². The van der Waals surface area contributed by atoms with Gasteiger partial charge in [-0.1, -0.05) is 19.1 Å².